The number of ether oxygens (including phenoxy) is 1. The quantitative estimate of drug-likeness (QED) is 0.453. The largest absolute Gasteiger partial charge is 0.489 e. The lowest BCUT2D eigenvalue weighted by Crippen LogP contribution is -2.12. The molecular weight excluding hydrogens is 384 g/mol. The lowest BCUT2D eigenvalue weighted by Gasteiger charge is -2.11. The summed E-state index contributed by atoms with van der Waals surface area (Å²) in [5, 5.41) is 19.9. The number of hydrogen-bond acceptors (Lipinski definition) is 3. The van der Waals surface area contributed by atoms with Crippen molar-refractivity contribution in [3.63, 3.8) is 0 Å². The first-order valence-electron chi connectivity index (χ1n) is 8.08. The molecule has 3 aromatic carbocycles. The molecule has 0 saturated heterocycles. The number of anilines is 1. The van der Waals surface area contributed by atoms with Gasteiger partial charge in [-0.05, 0) is 42.5 Å². The van der Waals surface area contributed by atoms with Gasteiger partial charge in [-0.25, -0.2) is 8.78 Å². The summed E-state index contributed by atoms with van der Waals surface area (Å²) in [6.45, 7) is -0.122. The Morgan fingerprint density at radius 1 is 1.04 bits per heavy atom. The van der Waals surface area contributed by atoms with E-state index < -0.39 is 11.6 Å². The minimum Gasteiger partial charge on any atom is -0.489 e. The minimum atomic E-state index is -0.927. The summed E-state index contributed by atoms with van der Waals surface area (Å²) in [7, 11) is 0. The van der Waals surface area contributed by atoms with Crippen molar-refractivity contribution in [2.75, 3.05) is 5.32 Å². The summed E-state index contributed by atoms with van der Waals surface area (Å²) in [6, 6.07) is 19.4. The predicted molar refractivity (Wildman–Crippen MR) is 106 cm³/mol. The first-order valence-corrected chi connectivity index (χ1v) is 8.08. The van der Waals surface area contributed by atoms with Gasteiger partial charge < -0.3 is 10.1 Å². The van der Waals surface area contributed by atoms with Crippen LogP contribution in [0.5, 0.6) is 5.75 Å². The van der Waals surface area contributed by atoms with Gasteiger partial charge in [-0.15, -0.1) is 12.4 Å². The molecule has 0 atom stereocenters. The molecule has 2 N–H and O–H groups in total. The molecule has 0 aromatic heterocycles. The van der Waals surface area contributed by atoms with Crippen LogP contribution in [0.4, 0.5) is 14.5 Å². The maximum absolute atomic E-state index is 13.7. The number of rotatable bonds is 5. The summed E-state index contributed by atoms with van der Waals surface area (Å²) in [5.41, 5.74) is 1.89. The molecule has 0 spiro atoms. The fraction of sp³-hybridized carbons (Fsp3) is 0.0476. The van der Waals surface area contributed by atoms with E-state index in [2.05, 4.69) is 5.32 Å². The fourth-order valence-electron chi connectivity index (χ4n) is 2.41. The fourth-order valence-corrected chi connectivity index (χ4v) is 2.41. The third kappa shape index (κ3) is 5.06. The van der Waals surface area contributed by atoms with Crippen molar-refractivity contribution in [2.24, 2.45) is 0 Å². The second-order valence-electron chi connectivity index (χ2n) is 5.72. The number of halogens is 3. The van der Waals surface area contributed by atoms with E-state index in [4.69, 9.17) is 15.4 Å². The lowest BCUT2D eigenvalue weighted by atomic mass is 10.1. The van der Waals surface area contributed by atoms with Crippen LogP contribution >= 0.6 is 12.4 Å². The number of nitriles is 1. The first-order chi connectivity index (χ1) is 13.1. The monoisotopic (exact) mass is 399 g/mol. The smallest absolute Gasteiger partial charge is 0.165 e. The number of amidine groups is 1. The average molecular weight is 400 g/mol. The van der Waals surface area contributed by atoms with Crippen LogP contribution in [0.2, 0.25) is 0 Å². The summed E-state index contributed by atoms with van der Waals surface area (Å²) in [4.78, 5) is 0. The summed E-state index contributed by atoms with van der Waals surface area (Å²) < 4.78 is 32.5. The molecule has 0 amide bonds. The Bertz CT molecular complexity index is 1020. The molecule has 0 aliphatic carbocycles. The van der Waals surface area contributed by atoms with Gasteiger partial charge in [0.2, 0.25) is 0 Å². The summed E-state index contributed by atoms with van der Waals surface area (Å²) >= 11 is 0. The Hall–Kier alpha value is -3.43. The molecule has 0 aliphatic heterocycles. The van der Waals surface area contributed by atoms with E-state index in [1.165, 1.54) is 12.1 Å². The van der Waals surface area contributed by atoms with Crippen molar-refractivity contribution >= 4 is 23.9 Å². The standard InChI is InChI=1S/C21H15F2N3O.ClH/c22-19-6-2-4-16(20(19)23)13-27-18-5-1-3-15(11-18)21(25)26-17-9-7-14(12-24)8-10-17;/h1-11H,13H2,(H2,25,26);1H. The van der Waals surface area contributed by atoms with Gasteiger partial charge in [0.15, 0.2) is 11.6 Å². The van der Waals surface area contributed by atoms with Crippen molar-refractivity contribution in [2.45, 2.75) is 6.61 Å². The van der Waals surface area contributed by atoms with E-state index in [0.717, 1.165) is 6.07 Å². The summed E-state index contributed by atoms with van der Waals surface area (Å²) in [5.74, 6) is -1.27. The highest BCUT2D eigenvalue weighted by Crippen LogP contribution is 2.19. The van der Waals surface area contributed by atoms with Crippen LogP contribution in [0.1, 0.15) is 16.7 Å². The lowest BCUT2D eigenvalue weighted by molar-refractivity contribution is 0.297. The minimum absolute atomic E-state index is 0. The van der Waals surface area contributed by atoms with Gasteiger partial charge >= 0.3 is 0 Å². The Kier molecular flexibility index (Phi) is 7.08. The molecule has 0 radical (unpaired) electrons. The molecule has 0 saturated carbocycles. The van der Waals surface area contributed by atoms with E-state index in [-0.39, 0.29) is 30.4 Å². The molecule has 28 heavy (non-hydrogen) atoms. The van der Waals surface area contributed by atoms with Crippen LogP contribution in [0.3, 0.4) is 0 Å². The van der Waals surface area contributed by atoms with E-state index in [9.17, 15) is 8.78 Å². The number of hydrogen-bond donors (Lipinski definition) is 2. The van der Waals surface area contributed by atoms with E-state index >= 15 is 0 Å². The second kappa shape index (κ2) is 9.49. The zero-order valence-corrected chi connectivity index (χ0v) is 15.4. The predicted octanol–water partition coefficient (Wildman–Crippen LogP) is 5.27. The highest BCUT2D eigenvalue weighted by molar-refractivity contribution is 6.06. The summed E-state index contributed by atoms with van der Waals surface area (Å²) in [6.07, 6.45) is 0. The Balaban J connectivity index is 0.00000280. The molecule has 142 valence electrons. The van der Waals surface area contributed by atoms with Crippen molar-refractivity contribution in [3.05, 3.63) is 95.1 Å². The molecule has 0 bridgehead atoms. The van der Waals surface area contributed by atoms with Crippen LogP contribution in [-0.4, -0.2) is 5.84 Å². The van der Waals surface area contributed by atoms with Gasteiger partial charge in [0.25, 0.3) is 0 Å². The van der Waals surface area contributed by atoms with E-state index in [1.54, 1.807) is 48.5 Å². The molecule has 3 rings (SSSR count). The van der Waals surface area contributed by atoms with Crippen LogP contribution in [0.15, 0.2) is 66.7 Å². The zero-order chi connectivity index (χ0) is 19.2. The van der Waals surface area contributed by atoms with Crippen LogP contribution in [0, 0.1) is 28.4 Å². The van der Waals surface area contributed by atoms with E-state index in [1.807, 2.05) is 6.07 Å². The zero-order valence-electron chi connectivity index (χ0n) is 14.6. The number of nitrogens with one attached hydrogen (secondary N) is 2. The Morgan fingerprint density at radius 2 is 1.75 bits per heavy atom. The Morgan fingerprint density at radius 3 is 2.46 bits per heavy atom. The van der Waals surface area contributed by atoms with Crippen LogP contribution in [0.25, 0.3) is 0 Å². The highest BCUT2D eigenvalue weighted by Gasteiger charge is 2.09. The number of nitrogens with zero attached hydrogens (tertiary/aromatic N) is 1. The number of benzene rings is 3. The van der Waals surface area contributed by atoms with Crippen molar-refractivity contribution in [1.82, 2.24) is 0 Å². The Labute approximate surface area is 167 Å². The van der Waals surface area contributed by atoms with Gasteiger partial charge in [-0.1, -0.05) is 24.3 Å². The molecule has 0 heterocycles. The maximum Gasteiger partial charge on any atom is 0.165 e. The molecular formula is C21H16ClF2N3O. The van der Waals surface area contributed by atoms with Gasteiger partial charge in [-0.2, -0.15) is 5.26 Å². The molecule has 0 unspecified atom stereocenters. The van der Waals surface area contributed by atoms with Gasteiger partial charge in [0.1, 0.15) is 18.2 Å². The van der Waals surface area contributed by atoms with Crippen molar-refractivity contribution < 1.29 is 13.5 Å². The van der Waals surface area contributed by atoms with Crippen LogP contribution < -0.4 is 10.1 Å². The van der Waals surface area contributed by atoms with E-state index in [0.29, 0.717) is 22.6 Å². The highest BCUT2D eigenvalue weighted by atomic mass is 35.5. The maximum atomic E-state index is 13.7. The third-order valence-electron chi connectivity index (χ3n) is 3.83. The van der Waals surface area contributed by atoms with Gasteiger partial charge in [0, 0.05) is 16.8 Å². The van der Waals surface area contributed by atoms with Gasteiger partial charge in [-0.3, -0.25) is 5.41 Å². The molecule has 3 aromatic rings. The molecule has 0 aliphatic rings. The van der Waals surface area contributed by atoms with Crippen molar-refractivity contribution in [3.8, 4) is 11.8 Å². The second-order valence-corrected chi connectivity index (χ2v) is 5.72. The third-order valence-corrected chi connectivity index (χ3v) is 3.83. The van der Waals surface area contributed by atoms with Gasteiger partial charge in [0.05, 0.1) is 11.6 Å². The topological polar surface area (TPSA) is 68.9 Å². The molecule has 7 heteroatoms. The molecule has 4 nitrogen and oxygen atoms in total. The first kappa shape index (κ1) is 20.9. The van der Waals surface area contributed by atoms with Crippen molar-refractivity contribution in [1.29, 1.82) is 10.7 Å². The molecule has 0 fully saturated rings. The normalized spacial score (nSPS) is 9.75. The average Bonchev–Trinajstić information content (AvgIpc) is 2.70. The SMILES string of the molecule is Cl.N#Cc1ccc(NC(=N)c2cccc(OCc3cccc(F)c3F)c2)cc1. The van der Waals surface area contributed by atoms with Crippen LogP contribution in [-0.2, 0) is 6.61 Å².